The quantitative estimate of drug-likeness (QED) is 0.703. The van der Waals surface area contributed by atoms with Gasteiger partial charge in [0.2, 0.25) is 0 Å². The summed E-state index contributed by atoms with van der Waals surface area (Å²) < 4.78 is 5.12. The molecule has 1 aliphatic heterocycles. The molecule has 1 rings (SSSR count). The molecular weight excluding hydrogens is 228 g/mol. The van der Waals surface area contributed by atoms with E-state index >= 15 is 0 Å². The van der Waals surface area contributed by atoms with Crippen LogP contribution in [0.25, 0.3) is 0 Å². The molecule has 1 heterocycles. The Morgan fingerprint density at radius 1 is 1.56 bits per heavy atom. The van der Waals surface area contributed by atoms with Gasteiger partial charge in [0.15, 0.2) is 0 Å². The topological polar surface area (TPSA) is 41.6 Å². The fourth-order valence-corrected chi connectivity index (χ4v) is 2.51. The summed E-state index contributed by atoms with van der Waals surface area (Å²) in [5.74, 6) is 0.688. The van der Waals surface area contributed by atoms with Crippen LogP contribution in [-0.4, -0.2) is 49.7 Å². The number of likely N-dealkylation sites (tertiary alicyclic amines) is 1. The van der Waals surface area contributed by atoms with Crippen LogP contribution in [0.1, 0.15) is 40.0 Å². The van der Waals surface area contributed by atoms with Gasteiger partial charge in [0, 0.05) is 6.54 Å². The maximum Gasteiger partial charge on any atom is 0.326 e. The summed E-state index contributed by atoms with van der Waals surface area (Å²) in [6, 6.07) is 0. The van der Waals surface area contributed by atoms with Gasteiger partial charge in [-0.05, 0) is 59.2 Å². The second-order valence-corrected chi connectivity index (χ2v) is 5.60. The number of esters is 1. The van der Waals surface area contributed by atoms with Gasteiger partial charge in [0.05, 0.1) is 6.61 Å². The summed E-state index contributed by atoms with van der Waals surface area (Å²) in [6.45, 7) is 10.0. The highest BCUT2D eigenvalue weighted by molar-refractivity contribution is 5.80. The second-order valence-electron chi connectivity index (χ2n) is 5.60. The molecule has 1 N–H and O–H groups in total. The maximum absolute atomic E-state index is 11.9. The maximum atomic E-state index is 11.9. The molecule has 2 unspecified atom stereocenters. The summed E-state index contributed by atoms with van der Waals surface area (Å²) in [5, 5.41) is 3.10. The zero-order valence-electron chi connectivity index (χ0n) is 12.3. The molecule has 18 heavy (non-hydrogen) atoms. The number of hydrogen-bond acceptors (Lipinski definition) is 4. The van der Waals surface area contributed by atoms with E-state index in [-0.39, 0.29) is 5.97 Å². The Labute approximate surface area is 111 Å². The van der Waals surface area contributed by atoms with Crippen molar-refractivity contribution in [2.45, 2.75) is 45.6 Å². The molecule has 106 valence electrons. The SMILES string of the molecule is CCOC(=O)C(C)(CCCN1CCC(C)C1)NC. The lowest BCUT2D eigenvalue weighted by Crippen LogP contribution is -2.49. The molecule has 4 heteroatoms. The molecule has 0 aromatic carbocycles. The molecule has 0 aliphatic carbocycles. The van der Waals surface area contributed by atoms with Gasteiger partial charge in [-0.2, -0.15) is 0 Å². The third kappa shape index (κ3) is 4.25. The van der Waals surface area contributed by atoms with Gasteiger partial charge in [-0.3, -0.25) is 4.79 Å². The van der Waals surface area contributed by atoms with Crippen molar-refractivity contribution in [2.24, 2.45) is 5.92 Å². The smallest absolute Gasteiger partial charge is 0.326 e. The van der Waals surface area contributed by atoms with Gasteiger partial charge >= 0.3 is 5.97 Å². The molecule has 0 aromatic heterocycles. The van der Waals surface area contributed by atoms with Crippen LogP contribution in [0.2, 0.25) is 0 Å². The van der Waals surface area contributed by atoms with Crippen LogP contribution in [0.3, 0.4) is 0 Å². The van der Waals surface area contributed by atoms with Crippen LogP contribution in [0.15, 0.2) is 0 Å². The van der Waals surface area contributed by atoms with E-state index in [4.69, 9.17) is 4.74 Å². The molecule has 0 bridgehead atoms. The van der Waals surface area contributed by atoms with E-state index in [0.717, 1.165) is 25.3 Å². The van der Waals surface area contributed by atoms with Crippen LogP contribution < -0.4 is 5.32 Å². The minimum Gasteiger partial charge on any atom is -0.465 e. The monoisotopic (exact) mass is 256 g/mol. The molecule has 0 spiro atoms. The Morgan fingerprint density at radius 3 is 2.78 bits per heavy atom. The van der Waals surface area contributed by atoms with Crippen molar-refractivity contribution in [3.05, 3.63) is 0 Å². The Morgan fingerprint density at radius 2 is 2.28 bits per heavy atom. The first-order chi connectivity index (χ1) is 8.51. The van der Waals surface area contributed by atoms with Gasteiger partial charge < -0.3 is 15.0 Å². The Bertz CT molecular complexity index is 271. The summed E-state index contributed by atoms with van der Waals surface area (Å²) in [4.78, 5) is 14.4. The predicted molar refractivity (Wildman–Crippen MR) is 73.6 cm³/mol. The zero-order valence-corrected chi connectivity index (χ0v) is 12.3. The first-order valence-electron chi connectivity index (χ1n) is 7.10. The molecule has 1 aliphatic rings. The fraction of sp³-hybridized carbons (Fsp3) is 0.929. The van der Waals surface area contributed by atoms with Crippen LogP contribution in [0.5, 0.6) is 0 Å². The first-order valence-corrected chi connectivity index (χ1v) is 7.10. The average Bonchev–Trinajstić information content (AvgIpc) is 2.75. The van der Waals surface area contributed by atoms with Crippen LogP contribution in [0, 0.1) is 5.92 Å². The van der Waals surface area contributed by atoms with E-state index in [0.29, 0.717) is 6.61 Å². The van der Waals surface area contributed by atoms with Crippen LogP contribution >= 0.6 is 0 Å². The van der Waals surface area contributed by atoms with Gasteiger partial charge in [-0.1, -0.05) is 6.92 Å². The molecule has 1 fully saturated rings. The molecule has 0 radical (unpaired) electrons. The van der Waals surface area contributed by atoms with E-state index in [2.05, 4.69) is 17.1 Å². The van der Waals surface area contributed by atoms with Crippen molar-refractivity contribution in [2.75, 3.05) is 33.3 Å². The van der Waals surface area contributed by atoms with Crippen molar-refractivity contribution < 1.29 is 9.53 Å². The summed E-state index contributed by atoms with van der Waals surface area (Å²) in [6.07, 6.45) is 3.16. The number of carbonyl (C=O) groups excluding carboxylic acids is 1. The molecular formula is C14H28N2O2. The fourth-order valence-electron chi connectivity index (χ4n) is 2.51. The molecule has 0 saturated carbocycles. The normalized spacial score (nSPS) is 23.9. The molecule has 1 saturated heterocycles. The van der Waals surface area contributed by atoms with Crippen molar-refractivity contribution in [1.29, 1.82) is 0 Å². The summed E-state index contributed by atoms with van der Waals surface area (Å²) >= 11 is 0. The minimum absolute atomic E-state index is 0.137. The predicted octanol–water partition coefficient (Wildman–Crippen LogP) is 1.65. The van der Waals surface area contributed by atoms with Gasteiger partial charge in [-0.25, -0.2) is 0 Å². The van der Waals surface area contributed by atoms with Gasteiger partial charge in [0.25, 0.3) is 0 Å². The Balaban J connectivity index is 2.32. The van der Waals surface area contributed by atoms with Crippen LogP contribution in [0.4, 0.5) is 0 Å². The number of hydrogen-bond donors (Lipinski definition) is 1. The zero-order chi connectivity index (χ0) is 13.6. The van der Waals surface area contributed by atoms with E-state index in [1.807, 2.05) is 20.9 Å². The molecule has 0 amide bonds. The number of carbonyl (C=O) groups is 1. The minimum atomic E-state index is -0.540. The van der Waals surface area contributed by atoms with E-state index in [9.17, 15) is 4.79 Å². The van der Waals surface area contributed by atoms with E-state index < -0.39 is 5.54 Å². The van der Waals surface area contributed by atoms with Crippen LogP contribution in [-0.2, 0) is 9.53 Å². The van der Waals surface area contributed by atoms with E-state index in [1.165, 1.54) is 19.5 Å². The van der Waals surface area contributed by atoms with Crippen molar-refractivity contribution in [3.63, 3.8) is 0 Å². The standard InChI is InChI=1S/C14H28N2O2/c1-5-18-13(17)14(3,15-4)8-6-9-16-10-7-12(2)11-16/h12,15H,5-11H2,1-4H3. The molecule has 4 nitrogen and oxygen atoms in total. The lowest BCUT2D eigenvalue weighted by molar-refractivity contribution is -0.150. The average molecular weight is 256 g/mol. The van der Waals surface area contributed by atoms with Crippen molar-refractivity contribution in [1.82, 2.24) is 10.2 Å². The lowest BCUT2D eigenvalue weighted by atomic mass is 9.96. The number of nitrogens with zero attached hydrogens (tertiary/aromatic N) is 1. The van der Waals surface area contributed by atoms with Crippen molar-refractivity contribution >= 4 is 5.97 Å². The lowest BCUT2D eigenvalue weighted by Gasteiger charge is -2.27. The number of likely N-dealkylation sites (N-methyl/N-ethyl adjacent to an activating group) is 1. The third-order valence-corrected chi connectivity index (χ3v) is 3.94. The summed E-state index contributed by atoms with van der Waals surface area (Å²) in [7, 11) is 1.83. The second kappa shape index (κ2) is 7.10. The number of ether oxygens (including phenoxy) is 1. The molecule has 0 aromatic rings. The Hall–Kier alpha value is -0.610. The summed E-state index contributed by atoms with van der Waals surface area (Å²) in [5.41, 5.74) is -0.540. The van der Waals surface area contributed by atoms with E-state index in [1.54, 1.807) is 0 Å². The highest BCUT2D eigenvalue weighted by Gasteiger charge is 2.32. The third-order valence-electron chi connectivity index (χ3n) is 3.94. The van der Waals surface area contributed by atoms with Gasteiger partial charge in [-0.15, -0.1) is 0 Å². The molecule has 2 atom stereocenters. The largest absolute Gasteiger partial charge is 0.465 e. The van der Waals surface area contributed by atoms with Crippen molar-refractivity contribution in [3.8, 4) is 0 Å². The number of rotatable bonds is 7. The highest BCUT2D eigenvalue weighted by Crippen LogP contribution is 2.18. The highest BCUT2D eigenvalue weighted by atomic mass is 16.5. The van der Waals surface area contributed by atoms with Gasteiger partial charge in [0.1, 0.15) is 5.54 Å². The first kappa shape index (κ1) is 15.4. The Kier molecular flexibility index (Phi) is 6.09. The number of nitrogens with one attached hydrogen (secondary N) is 1.